The first-order valence-corrected chi connectivity index (χ1v) is 13.6. The third-order valence-electron chi connectivity index (χ3n) is 7.16. The molecule has 206 valence electrons. The van der Waals surface area contributed by atoms with E-state index in [9.17, 15) is 4.79 Å². The van der Waals surface area contributed by atoms with Gasteiger partial charge in [0.2, 0.25) is 11.8 Å². The maximum absolute atomic E-state index is 13.6. The van der Waals surface area contributed by atoms with E-state index in [1.165, 1.54) is 0 Å². The zero-order valence-electron chi connectivity index (χ0n) is 23.6. The van der Waals surface area contributed by atoms with Crippen LogP contribution in [0.1, 0.15) is 50.4 Å². The maximum atomic E-state index is 13.6. The van der Waals surface area contributed by atoms with Gasteiger partial charge in [-0.3, -0.25) is 9.69 Å². The topological polar surface area (TPSA) is 86.4 Å². The molecule has 0 aromatic heterocycles. The maximum Gasteiger partial charge on any atom is 0.244 e. The number of benzene rings is 2. The van der Waals surface area contributed by atoms with Crippen molar-refractivity contribution in [3.63, 3.8) is 0 Å². The monoisotopic (exact) mass is 520 g/mol. The van der Waals surface area contributed by atoms with E-state index >= 15 is 0 Å². The Hall–Kier alpha value is -3.20. The van der Waals surface area contributed by atoms with E-state index in [1.54, 1.807) is 0 Å². The Kier molecular flexibility index (Phi) is 10.9. The van der Waals surface area contributed by atoms with Gasteiger partial charge in [0.15, 0.2) is 0 Å². The van der Waals surface area contributed by atoms with Gasteiger partial charge in [-0.2, -0.15) is 5.90 Å². The summed E-state index contributed by atoms with van der Waals surface area (Å²) in [5, 5.41) is 3.28. The van der Waals surface area contributed by atoms with Crippen LogP contribution in [0, 0.1) is 5.92 Å². The van der Waals surface area contributed by atoms with E-state index in [1.807, 2.05) is 63.9 Å². The lowest BCUT2D eigenvalue weighted by atomic mass is 10.0. The molecule has 0 saturated carbocycles. The lowest BCUT2D eigenvalue weighted by Gasteiger charge is -2.41. The second kappa shape index (κ2) is 14.1. The highest BCUT2D eigenvalue weighted by Gasteiger charge is 2.33. The number of carbonyl (C=O) groups excluding carboxylic acids is 1. The van der Waals surface area contributed by atoms with Crippen LogP contribution in [-0.2, 0) is 16.2 Å². The predicted octanol–water partition coefficient (Wildman–Crippen LogP) is 3.94. The quantitative estimate of drug-likeness (QED) is 0.265. The molecular formula is C30H44N6O2. The van der Waals surface area contributed by atoms with E-state index in [0.29, 0.717) is 31.2 Å². The summed E-state index contributed by atoms with van der Waals surface area (Å²) in [6, 6.07) is 16.1. The number of allylic oxidation sites excluding steroid dienone is 1. The van der Waals surface area contributed by atoms with Crippen molar-refractivity contribution in [2.24, 2.45) is 16.8 Å². The third-order valence-corrected chi connectivity index (χ3v) is 7.16. The van der Waals surface area contributed by atoms with Gasteiger partial charge in [-0.1, -0.05) is 50.8 Å². The number of aliphatic imine (C=N–C) groups is 1. The fourth-order valence-electron chi connectivity index (χ4n) is 4.85. The van der Waals surface area contributed by atoms with Crippen LogP contribution in [0.2, 0.25) is 0 Å². The minimum Gasteiger partial charge on any atom is -0.391 e. The molecule has 1 aliphatic heterocycles. The minimum atomic E-state index is -0.271. The Morgan fingerprint density at radius 3 is 2.32 bits per heavy atom. The van der Waals surface area contributed by atoms with Crippen LogP contribution >= 0.6 is 0 Å². The normalized spacial score (nSPS) is 15.4. The molecule has 3 N–H and O–H groups in total. The van der Waals surface area contributed by atoms with Crippen molar-refractivity contribution in [2.45, 2.75) is 40.3 Å². The van der Waals surface area contributed by atoms with Gasteiger partial charge in [0.05, 0.1) is 0 Å². The Morgan fingerprint density at radius 1 is 1.11 bits per heavy atom. The average Bonchev–Trinajstić information content (AvgIpc) is 2.93. The lowest BCUT2D eigenvalue weighted by molar-refractivity contribution is -0.137. The fourth-order valence-corrected chi connectivity index (χ4v) is 4.85. The summed E-state index contributed by atoms with van der Waals surface area (Å²) in [6.07, 6.45) is 0. The second-order valence-electron chi connectivity index (χ2n) is 9.90. The minimum absolute atomic E-state index is 0.173. The summed E-state index contributed by atoms with van der Waals surface area (Å²) in [4.78, 5) is 29.9. The number of likely N-dealkylation sites (N-methyl/N-ethyl adjacent to an activating group) is 1. The van der Waals surface area contributed by atoms with Crippen LogP contribution in [0.25, 0.3) is 0 Å². The van der Waals surface area contributed by atoms with Gasteiger partial charge in [0.1, 0.15) is 6.04 Å². The highest BCUT2D eigenvalue weighted by Crippen LogP contribution is 2.29. The van der Waals surface area contributed by atoms with E-state index in [4.69, 9.17) is 10.7 Å². The van der Waals surface area contributed by atoms with Gasteiger partial charge in [0.25, 0.3) is 0 Å². The standard InChI is InChI=1S/C30H44N6O2/c1-7-34(8-2)30(37)28(24-12-10-9-11-13-24)36-18-16-35(17-19-36)27-15-14-25(20-26(27)21-32-6)29(38-31)33-23(5)22(3)4/h9-15,20,22,28,32H,5,7-8,16-19,21,31H2,1-4,6H3. The van der Waals surface area contributed by atoms with Crippen LogP contribution in [0.15, 0.2) is 65.8 Å². The van der Waals surface area contributed by atoms with Crippen LogP contribution in [-0.4, -0.2) is 67.9 Å². The van der Waals surface area contributed by atoms with Gasteiger partial charge in [-0.25, -0.2) is 4.99 Å². The van der Waals surface area contributed by atoms with E-state index < -0.39 is 0 Å². The number of nitrogens with two attached hydrogens (primary N) is 1. The molecule has 0 aliphatic carbocycles. The SMILES string of the molecule is C=C(N=C(ON)c1ccc(N2CCN(C(C(=O)N(CC)CC)c3ccccc3)CC2)c(CNC)c1)C(C)C. The molecule has 2 aromatic rings. The molecule has 0 bridgehead atoms. The predicted molar refractivity (Wildman–Crippen MR) is 156 cm³/mol. The van der Waals surface area contributed by atoms with Gasteiger partial charge < -0.3 is 20.0 Å². The summed E-state index contributed by atoms with van der Waals surface area (Å²) < 4.78 is 0. The molecule has 8 heteroatoms. The van der Waals surface area contributed by atoms with Crippen molar-refractivity contribution in [1.82, 2.24) is 15.1 Å². The van der Waals surface area contributed by atoms with E-state index in [-0.39, 0.29) is 17.9 Å². The number of rotatable bonds is 11. The van der Waals surface area contributed by atoms with Gasteiger partial charge in [-0.15, -0.1) is 0 Å². The summed E-state index contributed by atoms with van der Waals surface area (Å²) in [7, 11) is 1.94. The zero-order chi connectivity index (χ0) is 27.7. The van der Waals surface area contributed by atoms with Crippen molar-refractivity contribution in [3.05, 3.63) is 77.5 Å². The third kappa shape index (κ3) is 7.01. The molecule has 3 rings (SSSR count). The number of carbonyl (C=O) groups is 1. The van der Waals surface area contributed by atoms with Gasteiger partial charge in [0, 0.05) is 62.8 Å². The van der Waals surface area contributed by atoms with Gasteiger partial charge in [-0.05, 0) is 56.1 Å². The molecular weight excluding hydrogens is 476 g/mol. The summed E-state index contributed by atoms with van der Waals surface area (Å²) >= 11 is 0. The number of nitrogens with zero attached hydrogens (tertiary/aromatic N) is 4. The van der Waals surface area contributed by atoms with Crippen molar-refractivity contribution in [3.8, 4) is 0 Å². The smallest absolute Gasteiger partial charge is 0.244 e. The molecule has 0 spiro atoms. The largest absolute Gasteiger partial charge is 0.391 e. The zero-order valence-corrected chi connectivity index (χ0v) is 23.6. The molecule has 1 atom stereocenters. The van der Waals surface area contributed by atoms with Crippen molar-refractivity contribution in [1.29, 1.82) is 0 Å². The number of piperazine rings is 1. The summed E-state index contributed by atoms with van der Waals surface area (Å²) in [5.74, 6) is 6.31. The van der Waals surface area contributed by atoms with E-state index in [0.717, 1.165) is 48.6 Å². The first-order chi connectivity index (χ1) is 18.3. The molecule has 1 saturated heterocycles. The first-order valence-electron chi connectivity index (χ1n) is 13.6. The molecule has 0 radical (unpaired) electrons. The van der Waals surface area contributed by atoms with Crippen molar-refractivity contribution in [2.75, 3.05) is 51.2 Å². The Balaban J connectivity index is 1.83. The molecule has 38 heavy (non-hydrogen) atoms. The summed E-state index contributed by atoms with van der Waals surface area (Å²) in [6.45, 7) is 17.5. The molecule has 1 aliphatic rings. The van der Waals surface area contributed by atoms with Crippen LogP contribution in [0.5, 0.6) is 0 Å². The molecule has 2 aromatic carbocycles. The number of anilines is 1. The molecule has 1 fully saturated rings. The number of hydrogen-bond acceptors (Lipinski definition) is 7. The second-order valence-corrected chi connectivity index (χ2v) is 9.90. The fraction of sp³-hybridized carbons (Fsp3) is 0.467. The van der Waals surface area contributed by atoms with Crippen LogP contribution in [0.3, 0.4) is 0 Å². The number of amides is 1. The van der Waals surface area contributed by atoms with Gasteiger partial charge >= 0.3 is 0 Å². The molecule has 1 amide bonds. The van der Waals surface area contributed by atoms with Crippen molar-refractivity contribution < 1.29 is 9.63 Å². The van der Waals surface area contributed by atoms with Crippen LogP contribution in [0.4, 0.5) is 5.69 Å². The molecule has 1 unspecified atom stereocenters. The lowest BCUT2D eigenvalue weighted by Crippen LogP contribution is -2.52. The van der Waals surface area contributed by atoms with Crippen molar-refractivity contribution >= 4 is 17.5 Å². The molecule has 1 heterocycles. The van der Waals surface area contributed by atoms with Crippen LogP contribution < -0.4 is 16.1 Å². The number of hydrogen-bond donors (Lipinski definition) is 2. The summed E-state index contributed by atoms with van der Waals surface area (Å²) in [5.41, 5.74) is 4.88. The first kappa shape index (κ1) is 29.4. The molecule has 8 nitrogen and oxygen atoms in total. The highest BCUT2D eigenvalue weighted by atomic mass is 16.6. The Labute approximate surface area is 228 Å². The Bertz CT molecular complexity index is 1090. The highest BCUT2D eigenvalue weighted by molar-refractivity contribution is 5.95. The number of nitrogens with one attached hydrogen (secondary N) is 1. The Morgan fingerprint density at radius 2 is 1.76 bits per heavy atom. The van der Waals surface area contributed by atoms with E-state index in [2.05, 4.69) is 51.0 Å². The average molecular weight is 521 g/mol.